The zero-order valence-electron chi connectivity index (χ0n) is 16.2. The van der Waals surface area contributed by atoms with Crippen LogP contribution in [0, 0.1) is 6.92 Å². The van der Waals surface area contributed by atoms with E-state index in [2.05, 4.69) is 36.5 Å². The molecule has 0 aliphatic rings. The highest BCUT2D eigenvalue weighted by Gasteiger charge is 2.22. The van der Waals surface area contributed by atoms with Gasteiger partial charge in [-0.05, 0) is 42.8 Å². The summed E-state index contributed by atoms with van der Waals surface area (Å²) in [5.41, 5.74) is 4.35. The summed E-state index contributed by atoms with van der Waals surface area (Å²) in [7, 11) is 1.61. The average molecular weight is 487 g/mol. The number of amides is 1. The average Bonchev–Trinajstić information content (AvgIpc) is 3.08. The maximum absolute atomic E-state index is 12.8. The number of nitrogens with zero attached hydrogens (tertiary/aromatic N) is 4. The van der Waals surface area contributed by atoms with Crippen LogP contribution in [0.2, 0.25) is 5.02 Å². The molecular formula is C21H17BrClN5O2. The third kappa shape index (κ3) is 3.94. The minimum absolute atomic E-state index is 0.177. The highest BCUT2D eigenvalue weighted by molar-refractivity contribution is 9.10. The van der Waals surface area contributed by atoms with Gasteiger partial charge in [0.25, 0.3) is 5.91 Å². The minimum Gasteiger partial charge on any atom is -0.378 e. The molecule has 0 bridgehead atoms. The van der Waals surface area contributed by atoms with Gasteiger partial charge in [-0.1, -0.05) is 45.7 Å². The lowest BCUT2D eigenvalue weighted by Crippen LogP contribution is -2.18. The monoisotopic (exact) mass is 485 g/mol. The Balaban J connectivity index is 1.79. The summed E-state index contributed by atoms with van der Waals surface area (Å²) in [6, 6.07) is 14.7. The van der Waals surface area contributed by atoms with Crippen LogP contribution in [0.3, 0.4) is 0 Å². The van der Waals surface area contributed by atoms with E-state index in [1.807, 2.05) is 24.3 Å². The smallest absolute Gasteiger partial charge is 0.278 e. The van der Waals surface area contributed by atoms with Crippen molar-refractivity contribution in [2.45, 2.75) is 13.5 Å². The zero-order chi connectivity index (χ0) is 21.3. The molecule has 2 aromatic heterocycles. The van der Waals surface area contributed by atoms with Gasteiger partial charge < -0.3 is 10.1 Å². The van der Waals surface area contributed by atoms with Gasteiger partial charge in [0.05, 0.1) is 23.6 Å². The van der Waals surface area contributed by atoms with Crippen LogP contribution in [0.25, 0.3) is 16.8 Å². The Morgan fingerprint density at radius 1 is 1.20 bits per heavy atom. The first-order valence-electron chi connectivity index (χ1n) is 9.04. The standard InChI is InChI=1S/C21H17BrClN5O2/c1-12-19(21(29)24-16-5-3-4-15(23)10-16)25-26-20-18(13-6-8-14(22)9-7-13)17(11-30-2)27-28(12)20/h3-10H,11H2,1-2H3,(H,24,29). The molecule has 4 aromatic rings. The SMILES string of the molecule is COCc1nn2c(C)c(C(=O)Nc3cccc(Cl)c3)nnc2c1-c1ccc(Br)cc1. The summed E-state index contributed by atoms with van der Waals surface area (Å²) in [5.74, 6) is -0.391. The highest BCUT2D eigenvalue weighted by Crippen LogP contribution is 2.30. The summed E-state index contributed by atoms with van der Waals surface area (Å²) >= 11 is 9.44. The lowest BCUT2D eigenvalue weighted by Gasteiger charge is -2.08. The predicted molar refractivity (Wildman–Crippen MR) is 119 cm³/mol. The number of hydrogen-bond acceptors (Lipinski definition) is 5. The number of nitrogens with one attached hydrogen (secondary N) is 1. The van der Waals surface area contributed by atoms with Gasteiger partial charge in [-0.25, -0.2) is 4.52 Å². The predicted octanol–water partition coefficient (Wildman–Crippen LogP) is 4.91. The molecule has 0 spiro atoms. The fourth-order valence-electron chi connectivity index (χ4n) is 3.17. The van der Waals surface area contributed by atoms with E-state index in [-0.39, 0.29) is 5.69 Å². The van der Waals surface area contributed by atoms with E-state index in [1.54, 1.807) is 42.8 Å². The minimum atomic E-state index is -0.391. The molecule has 0 atom stereocenters. The summed E-state index contributed by atoms with van der Waals surface area (Å²) in [6.07, 6.45) is 0. The second-order valence-corrected chi connectivity index (χ2v) is 7.95. The van der Waals surface area contributed by atoms with Crippen molar-refractivity contribution in [1.29, 1.82) is 0 Å². The molecule has 30 heavy (non-hydrogen) atoms. The maximum atomic E-state index is 12.8. The van der Waals surface area contributed by atoms with Crippen LogP contribution in [-0.4, -0.2) is 32.8 Å². The number of carbonyl (C=O) groups excluding carboxylic acids is 1. The van der Waals surface area contributed by atoms with Gasteiger partial charge in [-0.3, -0.25) is 4.79 Å². The van der Waals surface area contributed by atoms with Crippen LogP contribution >= 0.6 is 27.5 Å². The third-order valence-electron chi connectivity index (χ3n) is 4.55. The fourth-order valence-corrected chi connectivity index (χ4v) is 3.62. The summed E-state index contributed by atoms with van der Waals surface area (Å²) in [4.78, 5) is 12.8. The molecule has 0 fully saturated rings. The van der Waals surface area contributed by atoms with Crippen LogP contribution in [0.15, 0.2) is 53.0 Å². The van der Waals surface area contributed by atoms with Crippen molar-refractivity contribution in [3.8, 4) is 11.1 Å². The fraction of sp³-hybridized carbons (Fsp3) is 0.143. The largest absolute Gasteiger partial charge is 0.378 e. The molecule has 0 aliphatic heterocycles. The number of ether oxygens (including phenoxy) is 1. The van der Waals surface area contributed by atoms with Gasteiger partial charge in [-0.2, -0.15) is 5.10 Å². The van der Waals surface area contributed by atoms with Crippen molar-refractivity contribution in [3.63, 3.8) is 0 Å². The number of aromatic nitrogens is 4. The van der Waals surface area contributed by atoms with Crippen molar-refractivity contribution in [1.82, 2.24) is 19.8 Å². The summed E-state index contributed by atoms with van der Waals surface area (Å²) in [6.45, 7) is 2.09. The van der Waals surface area contributed by atoms with E-state index in [1.165, 1.54) is 0 Å². The van der Waals surface area contributed by atoms with E-state index in [9.17, 15) is 4.79 Å². The first-order chi connectivity index (χ1) is 14.5. The number of carbonyl (C=O) groups is 1. The molecule has 9 heteroatoms. The number of hydrogen-bond donors (Lipinski definition) is 1. The second kappa shape index (κ2) is 8.51. The Hall–Kier alpha value is -2.81. The Morgan fingerprint density at radius 2 is 1.97 bits per heavy atom. The molecule has 1 N–H and O–H groups in total. The number of methoxy groups -OCH3 is 1. The van der Waals surface area contributed by atoms with Crippen molar-refractivity contribution in [2.75, 3.05) is 12.4 Å². The van der Waals surface area contributed by atoms with E-state index in [0.717, 1.165) is 15.6 Å². The van der Waals surface area contributed by atoms with Crippen molar-refractivity contribution in [3.05, 3.63) is 75.1 Å². The molecule has 7 nitrogen and oxygen atoms in total. The number of rotatable bonds is 5. The Bertz CT molecular complexity index is 1240. The number of halogens is 2. The molecular weight excluding hydrogens is 470 g/mol. The molecule has 0 unspecified atom stereocenters. The Labute approximate surface area is 186 Å². The topological polar surface area (TPSA) is 81.4 Å². The normalized spacial score (nSPS) is 11.1. The first-order valence-corrected chi connectivity index (χ1v) is 10.2. The lowest BCUT2D eigenvalue weighted by atomic mass is 10.1. The Kier molecular flexibility index (Phi) is 5.80. The maximum Gasteiger partial charge on any atom is 0.278 e. The van der Waals surface area contributed by atoms with Crippen LogP contribution in [0.5, 0.6) is 0 Å². The van der Waals surface area contributed by atoms with Crippen molar-refractivity contribution >= 4 is 44.8 Å². The summed E-state index contributed by atoms with van der Waals surface area (Å²) < 4.78 is 7.93. The molecule has 4 rings (SSSR count). The van der Waals surface area contributed by atoms with Gasteiger partial charge in [0, 0.05) is 22.3 Å². The van der Waals surface area contributed by atoms with Crippen LogP contribution in [0.1, 0.15) is 21.9 Å². The number of fused-ring (bicyclic) bond motifs is 1. The molecule has 2 aromatic carbocycles. The van der Waals surface area contributed by atoms with Crippen molar-refractivity contribution in [2.24, 2.45) is 0 Å². The van der Waals surface area contributed by atoms with Gasteiger partial charge in [-0.15, -0.1) is 10.2 Å². The van der Waals surface area contributed by atoms with Gasteiger partial charge in [0.15, 0.2) is 11.3 Å². The molecule has 2 heterocycles. The highest BCUT2D eigenvalue weighted by atomic mass is 79.9. The van der Waals surface area contributed by atoms with E-state index in [4.69, 9.17) is 16.3 Å². The molecule has 0 saturated carbocycles. The molecule has 1 amide bonds. The Morgan fingerprint density at radius 3 is 2.67 bits per heavy atom. The van der Waals surface area contributed by atoms with Gasteiger partial charge in [0.2, 0.25) is 0 Å². The summed E-state index contributed by atoms with van der Waals surface area (Å²) in [5, 5.41) is 16.5. The molecule has 0 saturated heterocycles. The molecule has 152 valence electrons. The van der Waals surface area contributed by atoms with Gasteiger partial charge in [0.1, 0.15) is 0 Å². The van der Waals surface area contributed by atoms with E-state index >= 15 is 0 Å². The van der Waals surface area contributed by atoms with E-state index < -0.39 is 5.91 Å². The second-order valence-electron chi connectivity index (χ2n) is 6.60. The van der Waals surface area contributed by atoms with Crippen LogP contribution in [0.4, 0.5) is 5.69 Å². The molecule has 0 aliphatic carbocycles. The van der Waals surface area contributed by atoms with Gasteiger partial charge >= 0.3 is 0 Å². The quantitative estimate of drug-likeness (QED) is 0.433. The third-order valence-corrected chi connectivity index (χ3v) is 5.31. The van der Waals surface area contributed by atoms with Crippen LogP contribution < -0.4 is 5.32 Å². The van der Waals surface area contributed by atoms with Crippen LogP contribution in [-0.2, 0) is 11.3 Å². The number of anilines is 1. The first kappa shape index (κ1) is 20.5. The zero-order valence-corrected chi connectivity index (χ0v) is 18.5. The number of aryl methyl sites for hydroxylation is 1. The number of benzene rings is 2. The van der Waals surface area contributed by atoms with E-state index in [0.29, 0.717) is 34.4 Å². The van der Waals surface area contributed by atoms with Crippen molar-refractivity contribution < 1.29 is 9.53 Å². The molecule has 0 radical (unpaired) electrons. The lowest BCUT2D eigenvalue weighted by molar-refractivity contribution is 0.102.